The van der Waals surface area contributed by atoms with Crippen molar-refractivity contribution in [1.29, 1.82) is 0 Å². The highest BCUT2D eigenvalue weighted by Gasteiger charge is 2.26. The van der Waals surface area contributed by atoms with E-state index in [2.05, 4.69) is 0 Å². The van der Waals surface area contributed by atoms with Gasteiger partial charge in [0.2, 0.25) is 0 Å². The van der Waals surface area contributed by atoms with Crippen LogP contribution in [-0.4, -0.2) is 40.4 Å². The average Bonchev–Trinajstić information content (AvgIpc) is 3.15. The maximum atomic E-state index is 12.5. The number of aromatic nitrogens is 1. The van der Waals surface area contributed by atoms with Gasteiger partial charge in [0.1, 0.15) is 0 Å². The van der Waals surface area contributed by atoms with Crippen molar-refractivity contribution in [2.45, 2.75) is 18.8 Å². The Morgan fingerprint density at radius 2 is 2.03 bits per heavy atom. The third-order valence-electron chi connectivity index (χ3n) is 4.98. The maximum absolute atomic E-state index is 12.5. The van der Waals surface area contributed by atoms with Gasteiger partial charge in [0.15, 0.2) is 12.4 Å². The molecule has 0 spiro atoms. The summed E-state index contributed by atoms with van der Waals surface area (Å²) in [6.45, 7) is 1.01. The molecule has 1 aliphatic rings. The fourth-order valence-electron chi connectivity index (χ4n) is 3.43. The fraction of sp³-hybridized carbons (Fsp3) is 0.300. The molecule has 9 heteroatoms. The van der Waals surface area contributed by atoms with E-state index in [4.69, 9.17) is 21.3 Å². The quantitative estimate of drug-likeness (QED) is 0.433. The predicted octanol–water partition coefficient (Wildman–Crippen LogP) is 4.64. The van der Waals surface area contributed by atoms with Gasteiger partial charge in [-0.3, -0.25) is 14.9 Å². The molecule has 1 aliphatic heterocycles. The molecule has 0 radical (unpaired) electrons. The van der Waals surface area contributed by atoms with Crippen LogP contribution in [0.5, 0.6) is 5.75 Å². The third kappa shape index (κ3) is 4.33. The Morgan fingerprint density at radius 3 is 2.79 bits per heavy atom. The van der Waals surface area contributed by atoms with E-state index >= 15 is 0 Å². The van der Waals surface area contributed by atoms with Crippen molar-refractivity contribution in [3.05, 3.63) is 62.6 Å². The van der Waals surface area contributed by atoms with Gasteiger partial charge in [-0.05, 0) is 37.1 Å². The van der Waals surface area contributed by atoms with Gasteiger partial charge < -0.3 is 9.64 Å². The fourth-order valence-corrected chi connectivity index (χ4v) is 4.71. The number of likely N-dealkylation sites (tertiary alicyclic amines) is 1. The van der Waals surface area contributed by atoms with E-state index in [0.29, 0.717) is 24.0 Å². The number of thiazole rings is 1. The molecule has 150 valence electrons. The van der Waals surface area contributed by atoms with Crippen LogP contribution in [-0.2, 0) is 4.79 Å². The van der Waals surface area contributed by atoms with Crippen molar-refractivity contribution in [3.8, 4) is 5.75 Å². The number of carbonyl (C=O) groups excluding carboxylic acids is 1. The molecule has 0 bridgehead atoms. The molecule has 3 aromatic rings. The van der Waals surface area contributed by atoms with Gasteiger partial charge in [-0.2, -0.15) is 0 Å². The maximum Gasteiger partial charge on any atom is 0.310 e. The smallest absolute Gasteiger partial charge is 0.310 e. The van der Waals surface area contributed by atoms with Crippen LogP contribution >= 0.6 is 22.9 Å². The summed E-state index contributed by atoms with van der Waals surface area (Å²) >= 11 is 7.71. The minimum atomic E-state index is -0.517. The van der Waals surface area contributed by atoms with E-state index in [1.165, 1.54) is 12.1 Å². The summed E-state index contributed by atoms with van der Waals surface area (Å²) in [5, 5.41) is 12.8. The molecule has 0 N–H and O–H groups in total. The van der Waals surface area contributed by atoms with Crippen LogP contribution < -0.4 is 4.74 Å². The van der Waals surface area contributed by atoms with Crippen molar-refractivity contribution in [2.24, 2.45) is 0 Å². The number of para-hydroxylation sites is 2. The average molecular weight is 432 g/mol. The number of piperidine rings is 1. The molecular formula is C20H18ClN3O4S. The first-order chi connectivity index (χ1) is 14.0. The Bertz CT molecular complexity index is 1060. The number of carbonyl (C=O) groups is 1. The van der Waals surface area contributed by atoms with Gasteiger partial charge in [0.05, 0.1) is 20.1 Å². The Morgan fingerprint density at radius 1 is 1.28 bits per heavy atom. The molecule has 1 fully saturated rings. The number of hydrogen-bond acceptors (Lipinski definition) is 6. The normalized spacial score (nSPS) is 14.9. The first-order valence-electron chi connectivity index (χ1n) is 9.21. The van der Waals surface area contributed by atoms with E-state index in [1.807, 2.05) is 18.2 Å². The summed E-state index contributed by atoms with van der Waals surface area (Å²) in [5.41, 5.74) is 0.767. The van der Waals surface area contributed by atoms with Gasteiger partial charge in [0, 0.05) is 30.1 Å². The number of rotatable bonds is 5. The summed E-state index contributed by atoms with van der Waals surface area (Å²) in [6, 6.07) is 11.8. The molecule has 4 rings (SSSR count). The number of fused-ring (bicyclic) bond motifs is 1. The first-order valence-corrected chi connectivity index (χ1v) is 10.4. The molecular weight excluding hydrogens is 414 g/mol. The molecule has 0 unspecified atom stereocenters. The molecule has 1 aromatic heterocycles. The van der Waals surface area contributed by atoms with Gasteiger partial charge in [0.25, 0.3) is 5.91 Å². The van der Waals surface area contributed by atoms with E-state index < -0.39 is 4.92 Å². The van der Waals surface area contributed by atoms with Crippen LogP contribution in [0.2, 0.25) is 5.02 Å². The van der Waals surface area contributed by atoms with E-state index in [0.717, 1.165) is 28.1 Å². The number of nitrogens with zero attached hydrogens (tertiary/aromatic N) is 3. The number of nitro benzene ring substituents is 1. The summed E-state index contributed by atoms with van der Waals surface area (Å²) in [6.07, 6.45) is 1.65. The minimum absolute atomic E-state index is 0.105. The number of hydrogen-bond donors (Lipinski definition) is 0. The van der Waals surface area contributed by atoms with Crippen LogP contribution in [0.3, 0.4) is 0 Å². The van der Waals surface area contributed by atoms with Crippen molar-refractivity contribution in [2.75, 3.05) is 19.7 Å². The number of ether oxygens (including phenoxy) is 1. The molecule has 2 heterocycles. The Kier molecular flexibility index (Phi) is 5.64. The van der Waals surface area contributed by atoms with Gasteiger partial charge in [-0.25, -0.2) is 4.98 Å². The second-order valence-corrected chi connectivity index (χ2v) is 8.33. The number of halogens is 1. The lowest BCUT2D eigenvalue weighted by atomic mass is 9.97. The number of amides is 1. The monoisotopic (exact) mass is 431 g/mol. The van der Waals surface area contributed by atoms with E-state index in [9.17, 15) is 14.9 Å². The van der Waals surface area contributed by atoms with Crippen LogP contribution in [0.25, 0.3) is 10.2 Å². The number of nitro groups is 1. The first kappa shape index (κ1) is 19.6. The highest BCUT2D eigenvalue weighted by molar-refractivity contribution is 7.18. The van der Waals surface area contributed by atoms with Gasteiger partial charge in [-0.1, -0.05) is 23.7 Å². The molecule has 7 nitrogen and oxygen atoms in total. The summed E-state index contributed by atoms with van der Waals surface area (Å²) in [5.74, 6) is 0.248. The van der Waals surface area contributed by atoms with Crippen LogP contribution in [0.15, 0.2) is 42.5 Å². The second-order valence-electron chi connectivity index (χ2n) is 6.83. The molecule has 1 amide bonds. The zero-order valence-corrected chi connectivity index (χ0v) is 17.0. The Labute approximate surface area is 176 Å². The molecule has 0 aliphatic carbocycles. The summed E-state index contributed by atoms with van der Waals surface area (Å²) < 4.78 is 6.53. The van der Waals surface area contributed by atoms with Gasteiger partial charge >= 0.3 is 5.69 Å². The summed E-state index contributed by atoms with van der Waals surface area (Å²) in [4.78, 5) is 29.5. The highest BCUT2D eigenvalue weighted by Crippen LogP contribution is 2.34. The topological polar surface area (TPSA) is 85.6 Å². The molecule has 0 saturated carbocycles. The SMILES string of the molecule is O=C(COc1ccccc1[N+](=O)[O-])N1CCC(c2nc3cc(Cl)ccc3s2)CC1. The predicted molar refractivity (Wildman–Crippen MR) is 112 cm³/mol. The lowest BCUT2D eigenvalue weighted by Gasteiger charge is -2.31. The summed E-state index contributed by atoms with van der Waals surface area (Å²) in [7, 11) is 0. The number of benzene rings is 2. The van der Waals surface area contributed by atoms with E-state index in [-0.39, 0.29) is 24.0 Å². The van der Waals surface area contributed by atoms with Crippen molar-refractivity contribution < 1.29 is 14.5 Å². The minimum Gasteiger partial charge on any atom is -0.477 e. The van der Waals surface area contributed by atoms with Crippen molar-refractivity contribution in [1.82, 2.24) is 9.88 Å². The zero-order valence-electron chi connectivity index (χ0n) is 15.4. The van der Waals surface area contributed by atoms with E-state index in [1.54, 1.807) is 28.4 Å². The lowest BCUT2D eigenvalue weighted by Crippen LogP contribution is -2.40. The molecule has 0 atom stereocenters. The molecule has 1 saturated heterocycles. The lowest BCUT2D eigenvalue weighted by molar-refractivity contribution is -0.385. The third-order valence-corrected chi connectivity index (χ3v) is 6.41. The van der Waals surface area contributed by atoms with Crippen molar-refractivity contribution in [3.63, 3.8) is 0 Å². The van der Waals surface area contributed by atoms with Crippen LogP contribution in [0, 0.1) is 10.1 Å². The highest BCUT2D eigenvalue weighted by atomic mass is 35.5. The Hall–Kier alpha value is -2.71. The van der Waals surface area contributed by atoms with Crippen LogP contribution in [0.1, 0.15) is 23.8 Å². The van der Waals surface area contributed by atoms with Crippen LogP contribution in [0.4, 0.5) is 5.69 Å². The molecule has 2 aromatic carbocycles. The van der Waals surface area contributed by atoms with Gasteiger partial charge in [-0.15, -0.1) is 11.3 Å². The molecule has 29 heavy (non-hydrogen) atoms. The zero-order chi connectivity index (χ0) is 20.4. The standard InChI is InChI=1S/C20H18ClN3O4S/c21-14-5-6-18-15(11-14)22-20(29-18)13-7-9-23(10-8-13)19(25)12-28-17-4-2-1-3-16(17)24(26)27/h1-6,11,13H,7-10,12H2. The van der Waals surface area contributed by atoms with Crippen molar-refractivity contribution >= 4 is 44.7 Å². The Balaban J connectivity index is 1.34. The second kappa shape index (κ2) is 8.34. The largest absolute Gasteiger partial charge is 0.477 e.